The summed E-state index contributed by atoms with van der Waals surface area (Å²) >= 11 is 0. The van der Waals surface area contributed by atoms with Crippen molar-refractivity contribution >= 4 is 5.91 Å². The van der Waals surface area contributed by atoms with Crippen LogP contribution in [0.15, 0.2) is 48.7 Å². The monoisotopic (exact) mass is 421 g/mol. The van der Waals surface area contributed by atoms with Gasteiger partial charge < -0.3 is 14.5 Å². The molecule has 162 valence electrons. The summed E-state index contributed by atoms with van der Waals surface area (Å²) in [6.45, 7) is 2.57. The van der Waals surface area contributed by atoms with Crippen LogP contribution < -0.4 is 4.74 Å². The number of hydrogen-bond acceptors (Lipinski definition) is 4. The van der Waals surface area contributed by atoms with E-state index in [-0.39, 0.29) is 24.3 Å². The van der Waals surface area contributed by atoms with Crippen LogP contribution in [0.3, 0.4) is 0 Å². The van der Waals surface area contributed by atoms with Gasteiger partial charge in [-0.2, -0.15) is 13.2 Å². The number of hydrogen-bond donors (Lipinski definition) is 0. The summed E-state index contributed by atoms with van der Waals surface area (Å²) < 4.78 is 43.2. The molecular formula is C22H26F3N3O2. The molecule has 0 saturated carbocycles. The first-order chi connectivity index (χ1) is 14.3. The minimum Gasteiger partial charge on any atom is -0.484 e. The number of rotatable bonds is 7. The Morgan fingerprint density at radius 1 is 1.17 bits per heavy atom. The number of pyridine rings is 1. The maximum Gasteiger partial charge on any atom is 0.416 e. The lowest BCUT2D eigenvalue weighted by molar-refractivity contribution is -0.138. The summed E-state index contributed by atoms with van der Waals surface area (Å²) in [5.74, 6) is 0.0657. The van der Waals surface area contributed by atoms with E-state index in [4.69, 9.17) is 4.74 Å². The van der Waals surface area contributed by atoms with Gasteiger partial charge in [-0.15, -0.1) is 0 Å². The number of alkyl halides is 3. The van der Waals surface area contributed by atoms with E-state index in [0.717, 1.165) is 56.7 Å². The Balaban J connectivity index is 1.40. The molecule has 0 atom stereocenters. The van der Waals surface area contributed by atoms with Crippen LogP contribution in [0.4, 0.5) is 13.2 Å². The number of nitrogens with zero attached hydrogens (tertiary/aromatic N) is 3. The van der Waals surface area contributed by atoms with Crippen molar-refractivity contribution in [3.8, 4) is 5.75 Å². The molecule has 2 aromatic rings. The minimum atomic E-state index is -4.39. The fourth-order valence-electron chi connectivity index (χ4n) is 3.54. The number of amides is 1. The van der Waals surface area contributed by atoms with E-state index in [1.165, 1.54) is 12.1 Å². The molecule has 0 unspecified atom stereocenters. The highest BCUT2D eigenvalue weighted by Crippen LogP contribution is 2.30. The molecule has 0 spiro atoms. The second-order valence-corrected chi connectivity index (χ2v) is 7.46. The maximum atomic E-state index is 12.6. The Kier molecular flexibility index (Phi) is 7.31. The quantitative estimate of drug-likeness (QED) is 0.685. The van der Waals surface area contributed by atoms with Gasteiger partial charge in [0.05, 0.1) is 5.56 Å². The van der Waals surface area contributed by atoms with Crippen molar-refractivity contribution in [3.05, 3.63) is 59.9 Å². The molecule has 0 aliphatic carbocycles. The predicted octanol–water partition coefficient (Wildman–Crippen LogP) is 3.64. The van der Waals surface area contributed by atoms with Gasteiger partial charge in [-0.3, -0.25) is 9.78 Å². The van der Waals surface area contributed by atoms with Crippen LogP contribution in [-0.2, 0) is 17.4 Å². The van der Waals surface area contributed by atoms with Crippen LogP contribution in [0.1, 0.15) is 24.1 Å². The summed E-state index contributed by atoms with van der Waals surface area (Å²) in [5.41, 5.74) is 0.334. The van der Waals surface area contributed by atoms with Crippen LogP contribution in [0.2, 0.25) is 0 Å². The Bertz CT molecular complexity index is 805. The molecule has 0 bridgehead atoms. The normalized spacial score (nSPS) is 15.7. The third kappa shape index (κ3) is 6.19. The van der Waals surface area contributed by atoms with Gasteiger partial charge in [0.25, 0.3) is 5.91 Å². The minimum absolute atomic E-state index is 0.139. The van der Waals surface area contributed by atoms with E-state index in [9.17, 15) is 18.0 Å². The van der Waals surface area contributed by atoms with Crippen LogP contribution >= 0.6 is 0 Å². The Labute approximate surface area is 174 Å². The van der Waals surface area contributed by atoms with E-state index < -0.39 is 11.7 Å². The molecule has 8 heteroatoms. The summed E-state index contributed by atoms with van der Waals surface area (Å²) in [4.78, 5) is 20.8. The van der Waals surface area contributed by atoms with E-state index in [1.807, 2.05) is 18.2 Å². The molecule has 30 heavy (non-hydrogen) atoms. The number of likely N-dealkylation sites (N-methyl/N-ethyl adjacent to an activating group) is 1. The van der Waals surface area contributed by atoms with Gasteiger partial charge in [0, 0.05) is 51.0 Å². The fraction of sp³-hybridized carbons (Fsp3) is 0.455. The molecule has 0 N–H and O–H groups in total. The van der Waals surface area contributed by atoms with Gasteiger partial charge in [-0.05, 0) is 49.2 Å². The van der Waals surface area contributed by atoms with Crippen molar-refractivity contribution < 1.29 is 22.7 Å². The topological polar surface area (TPSA) is 45.7 Å². The highest BCUT2D eigenvalue weighted by molar-refractivity contribution is 5.77. The molecule has 3 rings (SSSR count). The van der Waals surface area contributed by atoms with Gasteiger partial charge in [-0.25, -0.2) is 0 Å². The Morgan fingerprint density at radius 3 is 2.47 bits per heavy atom. The lowest BCUT2D eigenvalue weighted by Crippen LogP contribution is -2.47. The van der Waals surface area contributed by atoms with Crippen LogP contribution in [0.25, 0.3) is 0 Å². The average molecular weight is 421 g/mol. The molecule has 1 fully saturated rings. The molecule has 1 aliphatic heterocycles. The molecular weight excluding hydrogens is 395 g/mol. The summed E-state index contributed by atoms with van der Waals surface area (Å²) in [7, 11) is 1.76. The van der Waals surface area contributed by atoms with Gasteiger partial charge in [0.1, 0.15) is 5.75 Å². The van der Waals surface area contributed by atoms with Crippen LogP contribution in [0, 0.1) is 0 Å². The molecule has 0 radical (unpaired) electrons. The van der Waals surface area contributed by atoms with E-state index in [0.29, 0.717) is 0 Å². The number of carbonyl (C=O) groups excluding carboxylic acids is 1. The first kappa shape index (κ1) is 22.1. The number of halogens is 3. The zero-order valence-electron chi connectivity index (χ0n) is 16.9. The number of likely N-dealkylation sites (tertiary alicyclic amines) is 1. The molecule has 2 heterocycles. The zero-order valence-corrected chi connectivity index (χ0v) is 16.9. The molecule has 1 aliphatic rings. The van der Waals surface area contributed by atoms with Gasteiger partial charge in [0.2, 0.25) is 0 Å². The SMILES string of the molecule is CN(C(=O)COc1ccc(C(F)(F)F)cc1)C1CCN(CCc2ccccn2)CC1. The first-order valence-electron chi connectivity index (χ1n) is 10.0. The smallest absolute Gasteiger partial charge is 0.416 e. The third-order valence-electron chi connectivity index (χ3n) is 5.45. The number of benzene rings is 1. The Morgan fingerprint density at radius 2 is 1.87 bits per heavy atom. The van der Waals surface area contributed by atoms with Gasteiger partial charge >= 0.3 is 6.18 Å². The van der Waals surface area contributed by atoms with Crippen molar-refractivity contribution in [2.24, 2.45) is 0 Å². The molecule has 1 amide bonds. The largest absolute Gasteiger partial charge is 0.484 e. The van der Waals surface area contributed by atoms with Crippen molar-refractivity contribution in [1.82, 2.24) is 14.8 Å². The zero-order chi connectivity index (χ0) is 21.6. The molecule has 1 aromatic heterocycles. The Hall–Kier alpha value is -2.61. The second kappa shape index (κ2) is 9.93. The number of carbonyl (C=O) groups is 1. The standard InChI is InChI=1S/C22H26F3N3O2/c1-27(21(29)16-30-20-7-5-17(6-8-20)22(23,24)25)19-10-14-28(15-11-19)13-9-18-4-2-3-12-26-18/h2-8,12,19H,9-11,13-16H2,1H3. The summed E-state index contributed by atoms with van der Waals surface area (Å²) in [5, 5.41) is 0. The van der Waals surface area contributed by atoms with Crippen molar-refractivity contribution in [2.75, 3.05) is 33.3 Å². The van der Waals surface area contributed by atoms with Crippen LogP contribution in [0.5, 0.6) is 5.75 Å². The van der Waals surface area contributed by atoms with Crippen molar-refractivity contribution in [2.45, 2.75) is 31.5 Å². The molecule has 5 nitrogen and oxygen atoms in total. The lowest BCUT2D eigenvalue weighted by Gasteiger charge is -2.36. The summed E-state index contributed by atoms with van der Waals surface area (Å²) in [6, 6.07) is 10.4. The van der Waals surface area contributed by atoms with E-state index in [1.54, 1.807) is 18.1 Å². The first-order valence-corrected chi connectivity index (χ1v) is 10.0. The van der Waals surface area contributed by atoms with Crippen LogP contribution in [-0.4, -0.2) is 60.0 Å². The lowest BCUT2D eigenvalue weighted by atomic mass is 10.0. The third-order valence-corrected chi connectivity index (χ3v) is 5.45. The van der Waals surface area contributed by atoms with Crippen molar-refractivity contribution in [1.29, 1.82) is 0 Å². The number of ether oxygens (including phenoxy) is 1. The molecule has 1 saturated heterocycles. The highest BCUT2D eigenvalue weighted by Gasteiger charge is 2.30. The van der Waals surface area contributed by atoms with E-state index >= 15 is 0 Å². The van der Waals surface area contributed by atoms with Gasteiger partial charge in [0.15, 0.2) is 6.61 Å². The predicted molar refractivity (Wildman–Crippen MR) is 107 cm³/mol. The van der Waals surface area contributed by atoms with Gasteiger partial charge in [-0.1, -0.05) is 6.07 Å². The number of aromatic nitrogens is 1. The maximum absolute atomic E-state index is 12.6. The highest BCUT2D eigenvalue weighted by atomic mass is 19.4. The number of piperidine rings is 1. The fourth-order valence-corrected chi connectivity index (χ4v) is 3.54. The average Bonchev–Trinajstić information content (AvgIpc) is 2.76. The second-order valence-electron chi connectivity index (χ2n) is 7.46. The molecule has 1 aromatic carbocycles. The van der Waals surface area contributed by atoms with E-state index in [2.05, 4.69) is 9.88 Å². The van der Waals surface area contributed by atoms with Crippen molar-refractivity contribution in [3.63, 3.8) is 0 Å². The summed E-state index contributed by atoms with van der Waals surface area (Å²) in [6.07, 6.45) is 0.0760.